The molecule has 0 bridgehead atoms. The number of rotatable bonds is 8. The lowest BCUT2D eigenvalue weighted by Crippen LogP contribution is -2.38. The maximum absolute atomic E-state index is 13.0. The van der Waals surface area contributed by atoms with Gasteiger partial charge < -0.3 is 14.6 Å². The summed E-state index contributed by atoms with van der Waals surface area (Å²) in [6.07, 6.45) is 1.49. The highest BCUT2D eigenvalue weighted by atomic mass is 16.6. The van der Waals surface area contributed by atoms with Gasteiger partial charge in [0.15, 0.2) is 0 Å². The lowest BCUT2D eigenvalue weighted by Gasteiger charge is -2.20. The van der Waals surface area contributed by atoms with Gasteiger partial charge in [-0.25, -0.2) is 0 Å². The molecule has 0 aliphatic heterocycles. The molecular formula is C25H25N3O5. The van der Waals surface area contributed by atoms with Crippen molar-refractivity contribution in [3.8, 4) is 11.3 Å². The van der Waals surface area contributed by atoms with E-state index in [0.717, 1.165) is 5.56 Å². The van der Waals surface area contributed by atoms with Crippen LogP contribution < -0.4 is 5.32 Å². The average Bonchev–Trinajstić information content (AvgIpc) is 3.28. The summed E-state index contributed by atoms with van der Waals surface area (Å²) < 4.78 is 5.83. The van der Waals surface area contributed by atoms with Gasteiger partial charge in [0.2, 0.25) is 0 Å². The molecule has 0 fully saturated rings. The number of nitro groups is 1. The number of nitrogens with one attached hydrogen (secondary N) is 1. The molecular weight excluding hydrogens is 422 g/mol. The van der Waals surface area contributed by atoms with Gasteiger partial charge in [0, 0.05) is 42.4 Å². The number of likely N-dealkylation sites (N-methyl/N-ethyl adjacent to an activating group) is 1. The van der Waals surface area contributed by atoms with Crippen LogP contribution in [-0.2, 0) is 4.79 Å². The van der Waals surface area contributed by atoms with Crippen LogP contribution in [0.4, 0.5) is 5.69 Å². The zero-order valence-electron chi connectivity index (χ0n) is 18.7. The molecule has 170 valence electrons. The summed E-state index contributed by atoms with van der Waals surface area (Å²) in [5.74, 6) is 0.122. The van der Waals surface area contributed by atoms with Crippen LogP contribution in [0, 0.1) is 17.0 Å². The van der Waals surface area contributed by atoms with E-state index in [2.05, 4.69) is 5.32 Å². The Morgan fingerprint density at radius 2 is 1.64 bits per heavy atom. The second-order valence-corrected chi connectivity index (χ2v) is 7.36. The highest BCUT2D eigenvalue weighted by Gasteiger charge is 2.20. The van der Waals surface area contributed by atoms with Crippen LogP contribution in [-0.4, -0.2) is 34.7 Å². The Hall–Kier alpha value is -4.20. The minimum absolute atomic E-state index is 0.0173. The molecule has 0 aliphatic rings. The van der Waals surface area contributed by atoms with E-state index in [1.54, 1.807) is 41.3 Å². The van der Waals surface area contributed by atoms with Crippen molar-refractivity contribution in [3.05, 3.63) is 93.4 Å². The number of furan rings is 1. The third-order valence-corrected chi connectivity index (χ3v) is 5.12. The number of nitro benzene ring substituents is 1. The number of nitrogens with zero attached hydrogens (tertiary/aromatic N) is 2. The van der Waals surface area contributed by atoms with E-state index < -0.39 is 10.8 Å². The van der Waals surface area contributed by atoms with Gasteiger partial charge in [0.25, 0.3) is 17.5 Å². The molecule has 33 heavy (non-hydrogen) atoms. The monoisotopic (exact) mass is 447 g/mol. The van der Waals surface area contributed by atoms with Crippen molar-refractivity contribution in [2.45, 2.75) is 20.8 Å². The van der Waals surface area contributed by atoms with Gasteiger partial charge in [-0.15, -0.1) is 0 Å². The predicted octanol–water partition coefficient (Wildman–Crippen LogP) is 4.80. The average molecular weight is 447 g/mol. The Labute approximate surface area is 191 Å². The van der Waals surface area contributed by atoms with Gasteiger partial charge in [-0.05, 0) is 57.2 Å². The lowest BCUT2D eigenvalue weighted by atomic mass is 10.1. The van der Waals surface area contributed by atoms with Crippen LogP contribution in [0.25, 0.3) is 17.4 Å². The van der Waals surface area contributed by atoms with Crippen molar-refractivity contribution in [1.82, 2.24) is 10.2 Å². The van der Waals surface area contributed by atoms with Crippen LogP contribution in [0.1, 0.15) is 35.5 Å². The molecule has 8 nitrogen and oxygen atoms in total. The molecule has 8 heteroatoms. The number of carbonyl (C=O) groups excluding carboxylic acids is 2. The van der Waals surface area contributed by atoms with E-state index in [0.29, 0.717) is 35.7 Å². The fourth-order valence-electron chi connectivity index (χ4n) is 3.21. The standard InChI is InChI=1S/C25H25N3O5/c1-4-27(5-2)25(30)22(26-24(29)19-8-6-17(3)7-9-19)16-21-14-15-23(33-21)18-10-12-20(13-11-18)28(31)32/h6-16H,4-5H2,1-3H3,(H,26,29). The lowest BCUT2D eigenvalue weighted by molar-refractivity contribution is -0.384. The van der Waals surface area contributed by atoms with Gasteiger partial charge in [-0.3, -0.25) is 19.7 Å². The third-order valence-electron chi connectivity index (χ3n) is 5.12. The predicted molar refractivity (Wildman–Crippen MR) is 125 cm³/mol. The van der Waals surface area contributed by atoms with Gasteiger partial charge >= 0.3 is 0 Å². The SMILES string of the molecule is CCN(CC)C(=O)C(=Cc1ccc(-c2ccc([N+](=O)[O-])cc2)o1)NC(=O)c1ccc(C)cc1. The van der Waals surface area contributed by atoms with Crippen LogP contribution >= 0.6 is 0 Å². The van der Waals surface area contributed by atoms with Crippen LogP contribution in [0.2, 0.25) is 0 Å². The van der Waals surface area contributed by atoms with Gasteiger partial charge in [-0.2, -0.15) is 0 Å². The second kappa shape index (κ2) is 10.4. The van der Waals surface area contributed by atoms with E-state index in [-0.39, 0.29) is 17.3 Å². The molecule has 0 unspecified atom stereocenters. The zero-order valence-corrected chi connectivity index (χ0v) is 18.7. The first-order chi connectivity index (χ1) is 15.8. The van der Waals surface area contributed by atoms with Crippen LogP contribution in [0.3, 0.4) is 0 Å². The fourth-order valence-corrected chi connectivity index (χ4v) is 3.21. The van der Waals surface area contributed by atoms with Crippen LogP contribution in [0.15, 0.2) is 70.8 Å². The van der Waals surface area contributed by atoms with E-state index in [1.807, 2.05) is 32.9 Å². The molecule has 0 radical (unpaired) electrons. The highest BCUT2D eigenvalue weighted by molar-refractivity contribution is 6.05. The first-order valence-electron chi connectivity index (χ1n) is 10.6. The quantitative estimate of drug-likeness (QED) is 0.303. The summed E-state index contributed by atoms with van der Waals surface area (Å²) in [6, 6.07) is 16.4. The van der Waals surface area contributed by atoms with Gasteiger partial charge in [0.05, 0.1) is 4.92 Å². The molecule has 2 amide bonds. The summed E-state index contributed by atoms with van der Waals surface area (Å²) >= 11 is 0. The molecule has 3 rings (SSSR count). The molecule has 1 N–H and O–H groups in total. The third kappa shape index (κ3) is 5.74. The summed E-state index contributed by atoms with van der Waals surface area (Å²) in [5.41, 5.74) is 2.19. The minimum atomic E-state index is -0.470. The number of hydrogen-bond acceptors (Lipinski definition) is 5. The normalized spacial score (nSPS) is 11.2. The van der Waals surface area contributed by atoms with Crippen molar-refractivity contribution in [3.63, 3.8) is 0 Å². The summed E-state index contributed by atoms with van der Waals surface area (Å²) in [4.78, 5) is 37.8. The van der Waals surface area contributed by atoms with E-state index in [1.165, 1.54) is 18.2 Å². The Bertz CT molecular complexity index is 1170. The molecule has 1 aromatic heterocycles. The molecule has 3 aromatic rings. The number of carbonyl (C=O) groups is 2. The molecule has 2 aromatic carbocycles. The second-order valence-electron chi connectivity index (χ2n) is 7.36. The number of aryl methyl sites for hydroxylation is 1. The largest absolute Gasteiger partial charge is 0.457 e. The molecule has 0 saturated heterocycles. The Balaban J connectivity index is 1.90. The molecule has 0 aliphatic carbocycles. The fraction of sp³-hybridized carbons (Fsp3) is 0.200. The molecule has 1 heterocycles. The molecule has 0 spiro atoms. The maximum atomic E-state index is 13.0. The van der Waals surface area contributed by atoms with E-state index >= 15 is 0 Å². The van der Waals surface area contributed by atoms with Crippen molar-refractivity contribution >= 4 is 23.6 Å². The zero-order chi connectivity index (χ0) is 24.0. The molecule has 0 saturated carbocycles. The highest BCUT2D eigenvalue weighted by Crippen LogP contribution is 2.25. The Kier molecular flexibility index (Phi) is 7.40. The van der Waals surface area contributed by atoms with Crippen molar-refractivity contribution in [1.29, 1.82) is 0 Å². The number of non-ortho nitro benzene ring substituents is 1. The Morgan fingerprint density at radius 1 is 1.00 bits per heavy atom. The number of benzene rings is 2. The van der Waals surface area contributed by atoms with Crippen LogP contribution in [0.5, 0.6) is 0 Å². The minimum Gasteiger partial charge on any atom is -0.457 e. The molecule has 0 atom stereocenters. The van der Waals surface area contributed by atoms with Gasteiger partial charge in [-0.1, -0.05) is 17.7 Å². The van der Waals surface area contributed by atoms with Crippen molar-refractivity contribution in [2.75, 3.05) is 13.1 Å². The summed E-state index contributed by atoms with van der Waals surface area (Å²) in [6.45, 7) is 6.62. The summed E-state index contributed by atoms with van der Waals surface area (Å²) in [5, 5.41) is 13.6. The topological polar surface area (TPSA) is 106 Å². The van der Waals surface area contributed by atoms with Crippen molar-refractivity contribution < 1.29 is 18.9 Å². The first kappa shape index (κ1) is 23.5. The Morgan fingerprint density at radius 3 is 2.21 bits per heavy atom. The van der Waals surface area contributed by atoms with E-state index in [4.69, 9.17) is 4.42 Å². The summed E-state index contributed by atoms with van der Waals surface area (Å²) in [7, 11) is 0. The number of amides is 2. The van der Waals surface area contributed by atoms with E-state index in [9.17, 15) is 19.7 Å². The smallest absolute Gasteiger partial charge is 0.270 e. The maximum Gasteiger partial charge on any atom is 0.270 e. The number of hydrogen-bond donors (Lipinski definition) is 1. The van der Waals surface area contributed by atoms with Crippen molar-refractivity contribution in [2.24, 2.45) is 0 Å². The first-order valence-corrected chi connectivity index (χ1v) is 10.6. The van der Waals surface area contributed by atoms with Gasteiger partial charge in [0.1, 0.15) is 17.2 Å².